The van der Waals surface area contributed by atoms with Gasteiger partial charge >= 0.3 is 0 Å². The molecule has 0 unspecified atom stereocenters. The van der Waals surface area contributed by atoms with E-state index in [2.05, 4.69) is 36.4 Å². The fourth-order valence-electron chi connectivity index (χ4n) is 4.56. The van der Waals surface area contributed by atoms with Crippen molar-refractivity contribution in [2.24, 2.45) is 26.9 Å². The Hall–Kier alpha value is -5.42. The number of anilines is 4. The van der Waals surface area contributed by atoms with Gasteiger partial charge in [-0.05, 0) is 24.3 Å². The van der Waals surface area contributed by atoms with Crippen molar-refractivity contribution < 1.29 is 19.2 Å². The smallest absolute Gasteiger partial charge is 0.292 e. The first-order chi connectivity index (χ1) is 22.9. The van der Waals surface area contributed by atoms with E-state index in [1.165, 1.54) is 39.3 Å². The van der Waals surface area contributed by atoms with Crippen molar-refractivity contribution in [2.75, 3.05) is 52.2 Å². The van der Waals surface area contributed by atoms with Crippen molar-refractivity contribution in [3.8, 4) is 0 Å². The third-order valence-electron chi connectivity index (χ3n) is 6.91. The summed E-state index contributed by atoms with van der Waals surface area (Å²) >= 11 is 11.8. The second kappa shape index (κ2) is 15.9. The molecule has 1 aromatic carbocycles. The number of nitrogens with two attached hydrogens (primary N) is 1. The van der Waals surface area contributed by atoms with Crippen molar-refractivity contribution in [1.29, 1.82) is 5.41 Å². The highest BCUT2D eigenvalue weighted by atomic mass is 35.5. The van der Waals surface area contributed by atoms with Crippen molar-refractivity contribution >= 4 is 75.8 Å². The molecule has 0 fully saturated rings. The van der Waals surface area contributed by atoms with Crippen LogP contribution in [-0.4, -0.2) is 90.0 Å². The maximum atomic E-state index is 13.1. The predicted molar refractivity (Wildman–Crippen MR) is 182 cm³/mol. The Kier molecular flexibility index (Phi) is 11.8. The number of amides is 4. The Balaban J connectivity index is 1.37. The second-order valence-corrected chi connectivity index (χ2v) is 11.2. The molecule has 0 aliphatic rings. The molecular formula is C29H35Cl2N13O4. The Morgan fingerprint density at radius 1 is 0.812 bits per heavy atom. The molecule has 17 nitrogen and oxygen atoms in total. The van der Waals surface area contributed by atoms with Crippen molar-refractivity contribution in [3.05, 3.63) is 65.4 Å². The van der Waals surface area contributed by atoms with E-state index in [-0.39, 0.29) is 53.5 Å². The third-order valence-corrected chi connectivity index (χ3v) is 7.25. The normalized spacial score (nSPS) is 10.8. The summed E-state index contributed by atoms with van der Waals surface area (Å²) in [4.78, 5) is 57.6. The summed E-state index contributed by atoms with van der Waals surface area (Å²) in [6, 6.07) is 9.72. The number of hydrogen-bond acceptors (Lipinski definition) is 9. The molecule has 48 heavy (non-hydrogen) atoms. The molecule has 0 radical (unpaired) electrons. The highest BCUT2D eigenvalue weighted by Crippen LogP contribution is 2.18. The fraction of sp³-hybridized carbons (Fsp3) is 0.310. The molecule has 0 aliphatic carbocycles. The van der Waals surface area contributed by atoms with E-state index in [9.17, 15) is 19.2 Å². The van der Waals surface area contributed by atoms with E-state index >= 15 is 0 Å². The number of halogens is 2. The lowest BCUT2D eigenvalue weighted by molar-refractivity contribution is 0.0943. The summed E-state index contributed by atoms with van der Waals surface area (Å²) in [5, 5.41) is 26.1. The SMILES string of the molecule is Cn1cc(NC(=O)c2ccc(N(CCCl)CCCl)cc2)nc1C(=O)Nc1cc(C(=O)Nc2cc(C(=O)NCCC(=N)N)n(C)n2)n(C)n1. The number of nitrogens with one attached hydrogen (secondary N) is 5. The fourth-order valence-corrected chi connectivity index (χ4v) is 4.97. The number of rotatable bonds is 15. The van der Waals surface area contributed by atoms with Gasteiger partial charge in [0.2, 0.25) is 5.82 Å². The topological polar surface area (TPSA) is 223 Å². The van der Waals surface area contributed by atoms with Gasteiger partial charge in [0.25, 0.3) is 23.6 Å². The largest absolute Gasteiger partial charge is 0.388 e. The summed E-state index contributed by atoms with van der Waals surface area (Å²) in [6.07, 6.45) is 1.69. The molecule has 0 spiro atoms. The molecular weight excluding hydrogens is 665 g/mol. The summed E-state index contributed by atoms with van der Waals surface area (Å²) in [5.41, 5.74) is 6.86. The Morgan fingerprint density at radius 2 is 1.35 bits per heavy atom. The quantitative estimate of drug-likeness (QED) is 0.0605. The molecule has 3 heterocycles. The number of aryl methyl sites for hydroxylation is 3. The van der Waals surface area contributed by atoms with Crippen LogP contribution in [0, 0.1) is 5.41 Å². The molecule has 0 aliphatic heterocycles. The van der Waals surface area contributed by atoms with Gasteiger partial charge in [0, 0.05) is 88.5 Å². The van der Waals surface area contributed by atoms with Crippen LogP contribution in [0.2, 0.25) is 0 Å². The van der Waals surface area contributed by atoms with Gasteiger partial charge < -0.3 is 36.5 Å². The van der Waals surface area contributed by atoms with E-state index in [0.29, 0.717) is 30.4 Å². The van der Waals surface area contributed by atoms with Gasteiger partial charge in [-0.3, -0.25) is 34.0 Å². The van der Waals surface area contributed by atoms with Crippen LogP contribution in [0.15, 0.2) is 42.6 Å². The van der Waals surface area contributed by atoms with Gasteiger partial charge in [0.1, 0.15) is 11.4 Å². The number of amidine groups is 1. The Bertz CT molecular complexity index is 1810. The third kappa shape index (κ3) is 8.89. The number of aromatic nitrogens is 6. The van der Waals surface area contributed by atoms with Crippen LogP contribution in [0.3, 0.4) is 0 Å². The van der Waals surface area contributed by atoms with E-state index < -0.39 is 23.6 Å². The van der Waals surface area contributed by atoms with Crippen LogP contribution in [0.1, 0.15) is 48.4 Å². The number of carbonyl (C=O) groups is 4. The summed E-state index contributed by atoms with van der Waals surface area (Å²) in [6.45, 7) is 1.41. The zero-order valence-electron chi connectivity index (χ0n) is 26.4. The van der Waals surface area contributed by atoms with Crippen LogP contribution in [0.25, 0.3) is 0 Å². The number of carbonyl (C=O) groups excluding carboxylic acids is 4. The zero-order chi connectivity index (χ0) is 35.0. The lowest BCUT2D eigenvalue weighted by Crippen LogP contribution is -2.29. The molecule has 0 saturated carbocycles. The monoisotopic (exact) mass is 699 g/mol. The lowest BCUT2D eigenvalue weighted by Gasteiger charge is -2.22. The van der Waals surface area contributed by atoms with Gasteiger partial charge in [0.05, 0.1) is 5.84 Å². The van der Waals surface area contributed by atoms with Crippen molar-refractivity contribution in [3.63, 3.8) is 0 Å². The minimum atomic E-state index is -0.628. The first kappa shape index (κ1) is 35.4. The standard InChI is InChI=1S/C29H35Cl2N13O4/c1-41-16-24(38-26(45)17-4-6-18(7-5-17)44(12-9-30)13-10-31)35-25(41)29(48)37-23-15-20(43(3)40-23)28(47)36-22-14-19(42(2)39-22)27(46)34-11-8-21(32)33/h4-7,14-16H,8-13H2,1-3H3,(H3,32,33)(H,34,46)(H,38,45)(H,36,39,47)(H,37,40,48). The zero-order valence-corrected chi connectivity index (χ0v) is 27.9. The van der Waals surface area contributed by atoms with Gasteiger partial charge in [-0.2, -0.15) is 10.2 Å². The highest BCUT2D eigenvalue weighted by molar-refractivity contribution is 6.18. The lowest BCUT2D eigenvalue weighted by atomic mass is 10.2. The van der Waals surface area contributed by atoms with E-state index in [4.69, 9.17) is 34.3 Å². The Morgan fingerprint density at radius 3 is 1.92 bits per heavy atom. The Labute approximate surface area is 285 Å². The number of alkyl halides is 2. The van der Waals surface area contributed by atoms with Gasteiger partial charge in [0.15, 0.2) is 17.5 Å². The van der Waals surface area contributed by atoms with Crippen LogP contribution in [-0.2, 0) is 21.1 Å². The van der Waals surface area contributed by atoms with Crippen LogP contribution < -0.4 is 31.9 Å². The van der Waals surface area contributed by atoms with Crippen molar-refractivity contribution in [2.45, 2.75) is 6.42 Å². The first-order valence-electron chi connectivity index (χ1n) is 14.5. The molecule has 4 rings (SSSR count). The molecule has 254 valence electrons. The predicted octanol–water partition coefficient (Wildman–Crippen LogP) is 1.98. The van der Waals surface area contributed by atoms with E-state index in [0.717, 1.165) is 5.69 Å². The molecule has 4 amide bonds. The minimum absolute atomic E-state index is 0.0160. The molecule has 0 bridgehead atoms. The average Bonchev–Trinajstić information content (AvgIpc) is 3.71. The molecule has 0 saturated heterocycles. The molecule has 0 atom stereocenters. The number of imidazole rings is 1. The second-order valence-electron chi connectivity index (χ2n) is 10.4. The number of benzene rings is 1. The molecule has 19 heteroatoms. The molecule has 4 aromatic rings. The maximum absolute atomic E-state index is 13.1. The van der Waals surface area contributed by atoms with Crippen LogP contribution in [0.5, 0.6) is 0 Å². The number of nitrogens with zero attached hydrogens (tertiary/aromatic N) is 7. The van der Waals surface area contributed by atoms with Crippen molar-refractivity contribution in [1.82, 2.24) is 34.4 Å². The summed E-state index contributed by atoms with van der Waals surface area (Å²) in [5.74, 6) is -0.929. The van der Waals surface area contributed by atoms with Gasteiger partial charge in [-0.15, -0.1) is 23.2 Å². The minimum Gasteiger partial charge on any atom is -0.388 e. The van der Waals surface area contributed by atoms with Gasteiger partial charge in [-0.25, -0.2) is 4.98 Å². The van der Waals surface area contributed by atoms with Crippen LogP contribution in [0.4, 0.5) is 23.1 Å². The summed E-state index contributed by atoms with van der Waals surface area (Å²) < 4.78 is 4.01. The maximum Gasteiger partial charge on any atom is 0.292 e. The molecule has 7 N–H and O–H groups in total. The highest BCUT2D eigenvalue weighted by Gasteiger charge is 2.21. The average molecular weight is 701 g/mol. The van der Waals surface area contributed by atoms with Gasteiger partial charge in [-0.1, -0.05) is 0 Å². The summed E-state index contributed by atoms with van der Waals surface area (Å²) in [7, 11) is 4.66. The van der Waals surface area contributed by atoms with E-state index in [1.54, 1.807) is 38.4 Å². The first-order valence-corrected chi connectivity index (χ1v) is 15.6. The molecule has 3 aromatic heterocycles. The van der Waals surface area contributed by atoms with E-state index in [1.807, 2.05) is 4.90 Å². The number of hydrogen-bond donors (Lipinski definition) is 6. The van der Waals surface area contributed by atoms with Crippen LogP contribution >= 0.6 is 23.2 Å².